The Labute approximate surface area is 166 Å². The lowest BCUT2D eigenvalue weighted by Gasteiger charge is -2.30. The van der Waals surface area contributed by atoms with Gasteiger partial charge in [-0.25, -0.2) is 0 Å². The lowest BCUT2D eigenvalue weighted by molar-refractivity contribution is 0.176. The molecule has 3 rings (SSSR count). The van der Waals surface area contributed by atoms with E-state index in [0.29, 0.717) is 12.1 Å². The van der Waals surface area contributed by atoms with Crippen LogP contribution in [0.3, 0.4) is 0 Å². The van der Waals surface area contributed by atoms with Gasteiger partial charge in [-0.05, 0) is 18.1 Å². The molecule has 2 aromatic carbocycles. The molecule has 3 heteroatoms. The monoisotopic (exact) mass is 378 g/mol. The maximum absolute atomic E-state index is 3.99. The van der Waals surface area contributed by atoms with Crippen LogP contribution in [0.5, 0.6) is 0 Å². The minimum absolute atomic E-state index is 0.516. The van der Waals surface area contributed by atoms with Crippen molar-refractivity contribution in [2.75, 3.05) is 6.54 Å². The van der Waals surface area contributed by atoms with E-state index in [1.54, 1.807) is 0 Å². The molecule has 2 aromatic rings. The van der Waals surface area contributed by atoms with Crippen molar-refractivity contribution in [3.63, 3.8) is 0 Å². The molecule has 1 heterocycles. The van der Waals surface area contributed by atoms with Gasteiger partial charge in [0.2, 0.25) is 0 Å². The van der Waals surface area contributed by atoms with Gasteiger partial charge in [0.1, 0.15) is 0 Å². The molecule has 1 fully saturated rings. The Morgan fingerprint density at radius 3 is 1.85 bits per heavy atom. The van der Waals surface area contributed by atoms with Gasteiger partial charge < -0.3 is 0 Å². The lowest BCUT2D eigenvalue weighted by atomic mass is 10.1. The van der Waals surface area contributed by atoms with Gasteiger partial charge in [-0.3, -0.25) is 9.80 Å². The molecule has 0 aromatic heterocycles. The fourth-order valence-corrected chi connectivity index (χ4v) is 7.11. The Morgan fingerprint density at radius 2 is 1.44 bits per heavy atom. The number of hydrogen-bond donors (Lipinski definition) is 0. The molecular weight excluding hydrogens is 344 g/mol. The maximum Gasteiger partial charge on any atom is 0.0659 e. The molecule has 0 spiro atoms. The van der Waals surface area contributed by atoms with E-state index in [9.17, 15) is 0 Å². The summed E-state index contributed by atoms with van der Waals surface area (Å²) in [5, 5.41) is 0. The topological polar surface area (TPSA) is 6.25 Å². The van der Waals surface area contributed by atoms with E-state index in [1.165, 1.54) is 11.1 Å². The van der Waals surface area contributed by atoms with E-state index in [1.807, 2.05) is 0 Å². The highest BCUT2D eigenvalue weighted by Gasteiger charge is 2.56. The molecule has 1 unspecified atom stereocenters. The SMILES string of the molecule is C=CCN1[C@H]([C@@H](C)N(Cc2ccccc2)Cc2ccccc2)[C@@H]1[Si](C)(C)C. The molecule has 0 N–H and O–H groups in total. The van der Waals surface area contributed by atoms with Crippen LogP contribution in [-0.4, -0.2) is 42.2 Å². The van der Waals surface area contributed by atoms with Crippen LogP contribution in [0.4, 0.5) is 0 Å². The third-order valence-corrected chi connectivity index (χ3v) is 8.18. The van der Waals surface area contributed by atoms with E-state index in [2.05, 4.69) is 110 Å². The predicted molar refractivity (Wildman–Crippen MR) is 119 cm³/mol. The fourth-order valence-electron chi connectivity index (χ4n) is 4.43. The van der Waals surface area contributed by atoms with Crippen LogP contribution in [0.1, 0.15) is 18.1 Å². The van der Waals surface area contributed by atoms with Crippen molar-refractivity contribution >= 4 is 8.07 Å². The van der Waals surface area contributed by atoms with E-state index in [4.69, 9.17) is 0 Å². The highest BCUT2D eigenvalue weighted by atomic mass is 28.3. The Hall–Kier alpha value is -1.68. The Balaban J connectivity index is 1.81. The highest BCUT2D eigenvalue weighted by Crippen LogP contribution is 2.40. The molecule has 2 nitrogen and oxygen atoms in total. The third kappa shape index (κ3) is 4.98. The second-order valence-electron chi connectivity index (χ2n) is 8.90. The Morgan fingerprint density at radius 1 is 0.963 bits per heavy atom. The third-order valence-electron chi connectivity index (χ3n) is 5.73. The van der Waals surface area contributed by atoms with Gasteiger partial charge in [-0.1, -0.05) is 86.4 Å². The normalized spacial score (nSPS) is 23.2. The molecule has 144 valence electrons. The first-order chi connectivity index (χ1) is 12.9. The molecule has 0 saturated carbocycles. The molecule has 27 heavy (non-hydrogen) atoms. The first kappa shape index (κ1) is 20.1. The van der Waals surface area contributed by atoms with Crippen molar-refractivity contribution in [1.29, 1.82) is 0 Å². The lowest BCUT2D eigenvalue weighted by Crippen LogP contribution is -2.40. The smallest absolute Gasteiger partial charge is 0.0659 e. The van der Waals surface area contributed by atoms with Crippen LogP contribution in [0.15, 0.2) is 73.3 Å². The van der Waals surface area contributed by atoms with Gasteiger partial charge in [0.25, 0.3) is 0 Å². The number of hydrogen-bond acceptors (Lipinski definition) is 2. The highest BCUT2D eigenvalue weighted by molar-refractivity contribution is 6.78. The van der Waals surface area contributed by atoms with E-state index >= 15 is 0 Å². The van der Waals surface area contributed by atoms with Crippen LogP contribution in [0.25, 0.3) is 0 Å². The van der Waals surface area contributed by atoms with Crippen molar-refractivity contribution in [2.24, 2.45) is 0 Å². The number of benzene rings is 2. The molecule has 4 atom stereocenters. The summed E-state index contributed by atoms with van der Waals surface area (Å²) in [6.07, 6.45) is 2.07. The van der Waals surface area contributed by atoms with Crippen LogP contribution < -0.4 is 0 Å². The van der Waals surface area contributed by atoms with Crippen LogP contribution >= 0.6 is 0 Å². The van der Waals surface area contributed by atoms with Crippen LogP contribution in [0.2, 0.25) is 19.6 Å². The fraction of sp³-hybridized carbons (Fsp3) is 0.417. The Kier molecular flexibility index (Phi) is 6.35. The molecule has 1 saturated heterocycles. The van der Waals surface area contributed by atoms with Gasteiger partial charge >= 0.3 is 0 Å². The van der Waals surface area contributed by atoms with Crippen molar-refractivity contribution in [3.05, 3.63) is 84.4 Å². The summed E-state index contributed by atoms with van der Waals surface area (Å²) in [6.45, 7) is 16.9. The largest absolute Gasteiger partial charge is 0.292 e. The van der Waals surface area contributed by atoms with Crippen LogP contribution in [0, 0.1) is 0 Å². The van der Waals surface area contributed by atoms with E-state index < -0.39 is 8.07 Å². The second-order valence-corrected chi connectivity index (χ2v) is 14.2. The summed E-state index contributed by atoms with van der Waals surface area (Å²) in [4.78, 5) is 5.33. The van der Waals surface area contributed by atoms with Crippen LogP contribution in [-0.2, 0) is 13.1 Å². The average molecular weight is 379 g/mol. The van der Waals surface area contributed by atoms with Gasteiger partial charge in [-0.15, -0.1) is 6.58 Å². The average Bonchev–Trinajstić information content (AvgIpc) is 3.37. The number of rotatable bonds is 9. The molecule has 1 aliphatic heterocycles. The maximum atomic E-state index is 3.99. The van der Waals surface area contributed by atoms with E-state index in [0.717, 1.165) is 25.3 Å². The first-order valence-corrected chi connectivity index (χ1v) is 13.7. The predicted octanol–water partition coefficient (Wildman–Crippen LogP) is 5.19. The van der Waals surface area contributed by atoms with Crippen molar-refractivity contribution in [2.45, 2.75) is 57.4 Å². The molecule has 0 amide bonds. The zero-order chi connectivity index (χ0) is 19.4. The van der Waals surface area contributed by atoms with Crippen molar-refractivity contribution in [1.82, 2.24) is 9.80 Å². The molecular formula is C24H34N2Si. The molecule has 0 radical (unpaired) electrons. The first-order valence-electron chi connectivity index (χ1n) is 10.1. The molecule has 0 aliphatic carbocycles. The zero-order valence-electron chi connectivity index (χ0n) is 17.3. The van der Waals surface area contributed by atoms with E-state index in [-0.39, 0.29) is 0 Å². The summed E-state index contributed by atoms with van der Waals surface area (Å²) in [6, 6.07) is 22.9. The molecule has 1 aliphatic rings. The summed E-state index contributed by atoms with van der Waals surface area (Å²) >= 11 is 0. The number of nitrogens with zero attached hydrogens (tertiary/aromatic N) is 2. The Bertz CT molecular complexity index is 682. The quantitative estimate of drug-likeness (QED) is 0.336. The molecule has 0 bridgehead atoms. The standard InChI is InChI=1S/C24H34N2Si/c1-6-17-26-23(24(26)27(3,4)5)20(2)25(18-21-13-9-7-10-14-21)19-22-15-11-8-12-16-22/h6-16,20,23-24H,1,17-19H2,2-5H3/t20-,23-,24+,26?/m1/s1. The summed E-state index contributed by atoms with van der Waals surface area (Å²) in [5.74, 6) is 0. The van der Waals surface area contributed by atoms with Gasteiger partial charge in [0, 0.05) is 37.4 Å². The van der Waals surface area contributed by atoms with Gasteiger partial charge in [0.05, 0.1) is 8.07 Å². The minimum Gasteiger partial charge on any atom is -0.292 e. The summed E-state index contributed by atoms with van der Waals surface area (Å²) in [5.41, 5.74) is 3.53. The zero-order valence-corrected chi connectivity index (χ0v) is 18.3. The van der Waals surface area contributed by atoms with Gasteiger partial charge in [-0.2, -0.15) is 0 Å². The van der Waals surface area contributed by atoms with Crippen molar-refractivity contribution in [3.8, 4) is 0 Å². The van der Waals surface area contributed by atoms with Crippen molar-refractivity contribution < 1.29 is 0 Å². The summed E-state index contributed by atoms with van der Waals surface area (Å²) in [7, 11) is -1.23. The minimum atomic E-state index is -1.23. The second kappa shape index (κ2) is 8.55. The van der Waals surface area contributed by atoms with Gasteiger partial charge in [0.15, 0.2) is 0 Å². The summed E-state index contributed by atoms with van der Waals surface area (Å²) < 4.78 is 0.